The van der Waals surface area contributed by atoms with Crippen LogP contribution in [-0.2, 0) is 17.7 Å². The number of nitrogens with one attached hydrogen (secondary N) is 2. The van der Waals surface area contributed by atoms with E-state index in [0.29, 0.717) is 37.5 Å². The van der Waals surface area contributed by atoms with E-state index in [2.05, 4.69) is 20.5 Å². The van der Waals surface area contributed by atoms with Crippen molar-refractivity contribution < 1.29 is 14.3 Å². The van der Waals surface area contributed by atoms with Crippen LogP contribution in [-0.4, -0.2) is 45.2 Å². The number of rotatable bonds is 3. The fourth-order valence-electron chi connectivity index (χ4n) is 2.57. The number of nitrogens with zero attached hydrogens (tertiary/aromatic N) is 3. The molecular weight excluding hydrogens is 298 g/mol. The minimum atomic E-state index is -0.342. The summed E-state index contributed by atoms with van der Waals surface area (Å²) in [5.41, 5.74) is 2.29. The maximum Gasteiger partial charge on any atom is 0.410 e. The Labute approximate surface area is 132 Å². The summed E-state index contributed by atoms with van der Waals surface area (Å²) in [6.07, 6.45) is 5.04. The molecule has 0 saturated carbocycles. The third-order valence-electron chi connectivity index (χ3n) is 3.66. The highest BCUT2D eigenvalue weighted by molar-refractivity contribution is 6.04. The smallest absolute Gasteiger partial charge is 0.410 e. The summed E-state index contributed by atoms with van der Waals surface area (Å²) in [5.74, 6) is 0.278. The molecule has 3 heterocycles. The summed E-state index contributed by atoms with van der Waals surface area (Å²) < 4.78 is 5.02. The van der Waals surface area contributed by atoms with Crippen LogP contribution in [0.3, 0.4) is 0 Å². The van der Waals surface area contributed by atoms with Crippen molar-refractivity contribution in [3.8, 4) is 0 Å². The molecule has 0 saturated heterocycles. The maximum absolute atomic E-state index is 12.4. The molecule has 0 aromatic carbocycles. The number of amides is 2. The van der Waals surface area contributed by atoms with Gasteiger partial charge in [0.25, 0.3) is 5.91 Å². The minimum absolute atomic E-state index is 0.247. The predicted octanol–water partition coefficient (Wildman–Crippen LogP) is 1.57. The van der Waals surface area contributed by atoms with Gasteiger partial charge in [-0.25, -0.2) is 4.79 Å². The number of aromatic nitrogens is 3. The first-order valence-electron chi connectivity index (χ1n) is 7.37. The van der Waals surface area contributed by atoms with E-state index in [9.17, 15) is 9.59 Å². The van der Waals surface area contributed by atoms with E-state index in [-0.39, 0.29) is 12.0 Å². The molecule has 8 nitrogen and oxygen atoms in total. The van der Waals surface area contributed by atoms with Crippen molar-refractivity contribution in [2.45, 2.75) is 19.9 Å². The molecule has 0 spiro atoms. The first kappa shape index (κ1) is 15.0. The number of aromatic amines is 1. The molecule has 1 aliphatic rings. The van der Waals surface area contributed by atoms with Gasteiger partial charge in [0.1, 0.15) is 5.82 Å². The van der Waals surface area contributed by atoms with Crippen LogP contribution in [0.15, 0.2) is 24.7 Å². The molecule has 0 unspecified atom stereocenters. The molecule has 23 heavy (non-hydrogen) atoms. The van der Waals surface area contributed by atoms with Crippen LogP contribution < -0.4 is 5.32 Å². The van der Waals surface area contributed by atoms with Crippen molar-refractivity contribution in [2.24, 2.45) is 0 Å². The summed E-state index contributed by atoms with van der Waals surface area (Å²) in [6.45, 7) is 3.02. The van der Waals surface area contributed by atoms with Gasteiger partial charge < -0.3 is 15.0 Å². The monoisotopic (exact) mass is 315 g/mol. The third kappa shape index (κ3) is 3.15. The molecule has 0 aliphatic carbocycles. The van der Waals surface area contributed by atoms with E-state index >= 15 is 0 Å². The van der Waals surface area contributed by atoms with E-state index in [0.717, 1.165) is 11.1 Å². The Hall–Kier alpha value is -2.90. The Kier molecular flexibility index (Phi) is 4.22. The molecule has 3 rings (SSSR count). The van der Waals surface area contributed by atoms with Crippen LogP contribution in [0.4, 0.5) is 10.6 Å². The number of hydrogen-bond donors (Lipinski definition) is 2. The van der Waals surface area contributed by atoms with Crippen molar-refractivity contribution in [3.05, 3.63) is 41.3 Å². The predicted molar refractivity (Wildman–Crippen MR) is 81.9 cm³/mol. The Balaban J connectivity index is 1.79. The van der Waals surface area contributed by atoms with Gasteiger partial charge in [0, 0.05) is 25.0 Å². The molecule has 2 N–H and O–H groups in total. The van der Waals surface area contributed by atoms with Gasteiger partial charge >= 0.3 is 6.09 Å². The fraction of sp³-hybridized carbons (Fsp3) is 0.333. The first-order valence-corrected chi connectivity index (χ1v) is 7.37. The van der Waals surface area contributed by atoms with Gasteiger partial charge in [-0.05, 0) is 24.5 Å². The van der Waals surface area contributed by atoms with Crippen LogP contribution >= 0.6 is 0 Å². The van der Waals surface area contributed by atoms with Crippen LogP contribution in [0.25, 0.3) is 0 Å². The van der Waals surface area contributed by atoms with Crippen LogP contribution in [0, 0.1) is 0 Å². The number of pyridine rings is 1. The molecule has 2 amide bonds. The van der Waals surface area contributed by atoms with Crippen molar-refractivity contribution in [1.82, 2.24) is 20.1 Å². The standard InChI is InChI=1S/C15H17N5O3/c1-2-23-15(22)20-6-4-11-10(9-20)7-16-8-12(11)14(21)18-13-3-5-17-19-13/h3,5,7-8H,2,4,6,9H2,1H3,(H2,17,18,19,21). The molecule has 2 aromatic heterocycles. The number of hydrogen-bond acceptors (Lipinski definition) is 5. The van der Waals surface area contributed by atoms with Crippen molar-refractivity contribution >= 4 is 17.8 Å². The molecule has 8 heteroatoms. The molecule has 0 radical (unpaired) electrons. The van der Waals surface area contributed by atoms with E-state index < -0.39 is 0 Å². The second-order valence-electron chi connectivity index (χ2n) is 5.12. The molecule has 120 valence electrons. The van der Waals surface area contributed by atoms with Crippen molar-refractivity contribution in [3.63, 3.8) is 0 Å². The number of ether oxygens (including phenoxy) is 1. The SMILES string of the molecule is CCOC(=O)N1CCc2c(cncc2C(=O)Nc2ccn[nH]2)C1. The Morgan fingerprint density at radius 1 is 1.43 bits per heavy atom. The highest BCUT2D eigenvalue weighted by atomic mass is 16.6. The largest absolute Gasteiger partial charge is 0.450 e. The Bertz CT molecular complexity index is 714. The molecule has 0 fully saturated rings. The zero-order chi connectivity index (χ0) is 16.2. The average molecular weight is 315 g/mol. The summed E-state index contributed by atoms with van der Waals surface area (Å²) >= 11 is 0. The van der Waals surface area contributed by atoms with Gasteiger partial charge in [0.05, 0.1) is 24.9 Å². The minimum Gasteiger partial charge on any atom is -0.450 e. The number of fused-ring (bicyclic) bond motifs is 1. The lowest BCUT2D eigenvalue weighted by Crippen LogP contribution is -2.37. The van der Waals surface area contributed by atoms with E-state index in [4.69, 9.17) is 4.74 Å². The van der Waals surface area contributed by atoms with Gasteiger partial charge in [0.2, 0.25) is 0 Å². The summed E-state index contributed by atoms with van der Waals surface area (Å²) in [7, 11) is 0. The van der Waals surface area contributed by atoms with E-state index in [1.54, 1.807) is 36.5 Å². The van der Waals surface area contributed by atoms with Gasteiger partial charge in [-0.15, -0.1) is 0 Å². The lowest BCUT2D eigenvalue weighted by molar-refractivity contribution is 0.101. The maximum atomic E-state index is 12.4. The second kappa shape index (κ2) is 6.47. The molecule has 1 aliphatic heterocycles. The lowest BCUT2D eigenvalue weighted by atomic mass is 9.97. The molecule has 0 bridgehead atoms. The van der Waals surface area contributed by atoms with Gasteiger partial charge in [-0.1, -0.05) is 0 Å². The summed E-state index contributed by atoms with van der Waals surface area (Å²) in [5, 5.41) is 9.21. The summed E-state index contributed by atoms with van der Waals surface area (Å²) in [4.78, 5) is 30.0. The first-order chi connectivity index (χ1) is 11.2. The highest BCUT2D eigenvalue weighted by Gasteiger charge is 2.25. The van der Waals surface area contributed by atoms with Crippen LogP contribution in [0.2, 0.25) is 0 Å². The lowest BCUT2D eigenvalue weighted by Gasteiger charge is -2.28. The van der Waals surface area contributed by atoms with Crippen molar-refractivity contribution in [2.75, 3.05) is 18.5 Å². The Morgan fingerprint density at radius 2 is 2.30 bits per heavy atom. The van der Waals surface area contributed by atoms with Crippen LogP contribution in [0.5, 0.6) is 0 Å². The summed E-state index contributed by atoms with van der Waals surface area (Å²) in [6, 6.07) is 1.67. The number of carbonyl (C=O) groups excluding carboxylic acids is 2. The normalized spacial score (nSPS) is 13.3. The number of anilines is 1. The molecule has 2 aromatic rings. The van der Waals surface area contributed by atoms with Crippen molar-refractivity contribution in [1.29, 1.82) is 0 Å². The highest BCUT2D eigenvalue weighted by Crippen LogP contribution is 2.22. The zero-order valence-electron chi connectivity index (χ0n) is 12.7. The average Bonchev–Trinajstić information content (AvgIpc) is 3.07. The number of H-pyrrole nitrogens is 1. The topological polar surface area (TPSA) is 100 Å². The fourth-order valence-corrected chi connectivity index (χ4v) is 2.57. The van der Waals surface area contributed by atoms with E-state index in [1.165, 1.54) is 0 Å². The van der Waals surface area contributed by atoms with Gasteiger partial charge in [-0.3, -0.25) is 14.9 Å². The van der Waals surface area contributed by atoms with Gasteiger partial charge in [0.15, 0.2) is 0 Å². The third-order valence-corrected chi connectivity index (χ3v) is 3.66. The molecular formula is C15H17N5O3. The van der Waals surface area contributed by atoms with E-state index in [1.807, 2.05) is 0 Å². The number of carbonyl (C=O) groups is 2. The second-order valence-corrected chi connectivity index (χ2v) is 5.12. The zero-order valence-corrected chi connectivity index (χ0v) is 12.7. The molecule has 0 atom stereocenters. The Morgan fingerprint density at radius 3 is 3.04 bits per heavy atom. The van der Waals surface area contributed by atoms with Crippen LogP contribution in [0.1, 0.15) is 28.4 Å². The quantitative estimate of drug-likeness (QED) is 0.895. The van der Waals surface area contributed by atoms with Gasteiger partial charge in [-0.2, -0.15) is 5.10 Å².